The van der Waals surface area contributed by atoms with Crippen molar-refractivity contribution in [2.45, 2.75) is 43.7 Å². The zero-order valence-electron chi connectivity index (χ0n) is 11.2. The van der Waals surface area contributed by atoms with Crippen molar-refractivity contribution in [3.63, 3.8) is 0 Å². The van der Waals surface area contributed by atoms with Crippen molar-refractivity contribution in [2.24, 2.45) is 5.73 Å². The summed E-state index contributed by atoms with van der Waals surface area (Å²) in [6.45, 7) is 2.19. The van der Waals surface area contributed by atoms with E-state index in [0.29, 0.717) is 5.92 Å². The van der Waals surface area contributed by atoms with Gasteiger partial charge < -0.3 is 15.8 Å². The molecule has 102 valence electrons. The molecule has 2 bridgehead atoms. The molecule has 1 aliphatic heterocycles. The second kappa shape index (κ2) is 4.53. The zero-order valence-corrected chi connectivity index (χ0v) is 11.2. The molecular formula is C15H20N2O2. The number of nitrogens with one attached hydrogen (secondary N) is 1. The van der Waals surface area contributed by atoms with Crippen molar-refractivity contribution in [1.29, 1.82) is 0 Å². The van der Waals surface area contributed by atoms with Crippen molar-refractivity contribution in [3.05, 3.63) is 29.8 Å². The van der Waals surface area contributed by atoms with Crippen molar-refractivity contribution < 1.29 is 9.53 Å². The molecule has 19 heavy (non-hydrogen) atoms. The Morgan fingerprint density at radius 3 is 3.05 bits per heavy atom. The second-order valence-corrected chi connectivity index (χ2v) is 5.90. The molecular weight excluding hydrogens is 240 g/mol. The fourth-order valence-electron chi connectivity index (χ4n) is 3.53. The Hall–Kier alpha value is -1.55. The van der Waals surface area contributed by atoms with Crippen LogP contribution in [0.4, 0.5) is 0 Å². The van der Waals surface area contributed by atoms with Crippen molar-refractivity contribution in [2.75, 3.05) is 6.54 Å². The van der Waals surface area contributed by atoms with Crippen LogP contribution in [0.5, 0.6) is 5.75 Å². The van der Waals surface area contributed by atoms with E-state index >= 15 is 0 Å². The smallest absolute Gasteiger partial charge is 0.233 e. The second-order valence-electron chi connectivity index (χ2n) is 5.90. The first kappa shape index (κ1) is 12.5. The Bertz CT molecular complexity index is 503. The summed E-state index contributed by atoms with van der Waals surface area (Å²) in [5.74, 6) is 1.39. The average molecular weight is 260 g/mol. The Morgan fingerprint density at radius 1 is 1.47 bits per heavy atom. The molecule has 3 N–H and O–H groups in total. The van der Waals surface area contributed by atoms with Gasteiger partial charge in [-0.3, -0.25) is 4.79 Å². The normalized spacial score (nSPS) is 32.1. The molecule has 0 radical (unpaired) electrons. The molecule has 1 amide bonds. The number of amides is 1. The lowest BCUT2D eigenvalue weighted by Gasteiger charge is -2.47. The first-order valence-electron chi connectivity index (χ1n) is 6.87. The van der Waals surface area contributed by atoms with Crippen molar-refractivity contribution >= 4 is 5.91 Å². The van der Waals surface area contributed by atoms with Crippen LogP contribution in [-0.4, -0.2) is 24.1 Å². The van der Waals surface area contributed by atoms with Crippen LogP contribution < -0.4 is 15.8 Å². The molecule has 1 aromatic carbocycles. The monoisotopic (exact) mass is 260 g/mol. The van der Waals surface area contributed by atoms with Gasteiger partial charge in [0.25, 0.3) is 0 Å². The Morgan fingerprint density at radius 2 is 2.26 bits per heavy atom. The number of para-hydroxylation sites is 1. The minimum Gasteiger partial charge on any atom is -0.487 e. The third-order valence-corrected chi connectivity index (χ3v) is 4.19. The number of carbonyl (C=O) groups excluding carboxylic acids is 1. The van der Waals surface area contributed by atoms with E-state index in [-0.39, 0.29) is 24.1 Å². The highest BCUT2D eigenvalue weighted by Gasteiger charge is 2.44. The third kappa shape index (κ3) is 2.32. The summed E-state index contributed by atoms with van der Waals surface area (Å²) < 4.78 is 6.15. The molecule has 1 aromatic rings. The molecule has 0 aromatic heterocycles. The maximum atomic E-state index is 11.5. The molecule has 3 rings (SSSR count). The van der Waals surface area contributed by atoms with Crippen LogP contribution in [0.1, 0.15) is 37.7 Å². The van der Waals surface area contributed by atoms with E-state index in [1.807, 2.05) is 18.2 Å². The first-order chi connectivity index (χ1) is 9.09. The topological polar surface area (TPSA) is 64.4 Å². The number of benzene rings is 1. The standard InChI is InChI=1S/C15H20N2O2/c1-15-7-10(6-11(8-15)17-14(18)9-16)12-4-2-3-5-13(12)19-15/h2-5,10-11H,6-9,16H2,1H3,(H,17,18)/t10?,11-,15?/m0/s1. The SMILES string of the molecule is CC12CC(C[C@H](NC(=O)CN)C1)c1ccccc1O2. The lowest BCUT2D eigenvalue weighted by atomic mass is 9.71. The van der Waals surface area contributed by atoms with Gasteiger partial charge in [0.2, 0.25) is 5.91 Å². The molecule has 3 atom stereocenters. The lowest BCUT2D eigenvalue weighted by molar-refractivity contribution is -0.121. The summed E-state index contributed by atoms with van der Waals surface area (Å²) in [4.78, 5) is 11.5. The van der Waals surface area contributed by atoms with Crippen LogP contribution in [0.25, 0.3) is 0 Å². The van der Waals surface area contributed by atoms with Crippen LogP contribution in [0.3, 0.4) is 0 Å². The van der Waals surface area contributed by atoms with Gasteiger partial charge in [-0.25, -0.2) is 0 Å². The molecule has 1 saturated carbocycles. The highest BCUT2D eigenvalue weighted by Crippen LogP contribution is 2.48. The number of carbonyl (C=O) groups is 1. The summed E-state index contributed by atoms with van der Waals surface area (Å²) in [6, 6.07) is 8.39. The zero-order chi connectivity index (χ0) is 13.5. The first-order valence-corrected chi connectivity index (χ1v) is 6.87. The van der Waals surface area contributed by atoms with Gasteiger partial charge >= 0.3 is 0 Å². The largest absolute Gasteiger partial charge is 0.487 e. The highest BCUT2D eigenvalue weighted by atomic mass is 16.5. The number of nitrogens with two attached hydrogens (primary N) is 1. The van der Waals surface area contributed by atoms with E-state index in [4.69, 9.17) is 10.5 Å². The van der Waals surface area contributed by atoms with Gasteiger partial charge in [-0.2, -0.15) is 0 Å². The molecule has 0 saturated heterocycles. The summed E-state index contributed by atoms with van der Waals surface area (Å²) in [6.07, 6.45) is 2.85. The van der Waals surface area contributed by atoms with E-state index in [1.165, 1.54) is 5.56 Å². The van der Waals surface area contributed by atoms with E-state index < -0.39 is 0 Å². The molecule has 0 spiro atoms. The van der Waals surface area contributed by atoms with E-state index in [0.717, 1.165) is 25.0 Å². The Balaban J connectivity index is 1.85. The minimum absolute atomic E-state index is 0.0509. The summed E-state index contributed by atoms with van der Waals surface area (Å²) in [7, 11) is 0. The Kier molecular flexibility index (Phi) is 2.97. The minimum atomic E-state index is -0.177. The van der Waals surface area contributed by atoms with Crippen LogP contribution in [0.2, 0.25) is 0 Å². The molecule has 2 unspecified atom stereocenters. The van der Waals surface area contributed by atoms with E-state index in [9.17, 15) is 4.79 Å². The maximum absolute atomic E-state index is 11.5. The fourth-order valence-corrected chi connectivity index (χ4v) is 3.53. The number of rotatable bonds is 2. The summed E-state index contributed by atoms with van der Waals surface area (Å²) >= 11 is 0. The molecule has 1 aliphatic carbocycles. The fraction of sp³-hybridized carbons (Fsp3) is 0.533. The summed E-state index contributed by atoms with van der Waals surface area (Å²) in [5, 5.41) is 3.01. The van der Waals surface area contributed by atoms with Gasteiger partial charge in [0.1, 0.15) is 11.4 Å². The number of hydrogen-bond acceptors (Lipinski definition) is 3. The highest BCUT2D eigenvalue weighted by molar-refractivity contribution is 5.78. The lowest BCUT2D eigenvalue weighted by Crippen LogP contribution is -2.52. The van der Waals surface area contributed by atoms with Gasteiger partial charge in [0.05, 0.1) is 6.54 Å². The molecule has 1 fully saturated rings. The average Bonchev–Trinajstić information content (AvgIpc) is 2.37. The van der Waals surface area contributed by atoms with Gasteiger partial charge in [0.15, 0.2) is 0 Å². The van der Waals surface area contributed by atoms with Crippen LogP contribution >= 0.6 is 0 Å². The molecule has 2 aliphatic rings. The van der Waals surface area contributed by atoms with Gasteiger partial charge in [-0.1, -0.05) is 18.2 Å². The third-order valence-electron chi connectivity index (χ3n) is 4.19. The van der Waals surface area contributed by atoms with Gasteiger partial charge in [-0.05, 0) is 37.3 Å². The predicted molar refractivity (Wildman–Crippen MR) is 73.1 cm³/mol. The van der Waals surface area contributed by atoms with Crippen LogP contribution in [0.15, 0.2) is 24.3 Å². The number of fused-ring (bicyclic) bond motifs is 4. The summed E-state index contributed by atoms with van der Waals surface area (Å²) in [5.41, 5.74) is 6.46. The van der Waals surface area contributed by atoms with E-state index in [2.05, 4.69) is 18.3 Å². The molecule has 1 heterocycles. The van der Waals surface area contributed by atoms with Gasteiger partial charge in [0, 0.05) is 12.5 Å². The van der Waals surface area contributed by atoms with Crippen LogP contribution in [-0.2, 0) is 4.79 Å². The molecule has 4 heteroatoms. The van der Waals surface area contributed by atoms with E-state index in [1.54, 1.807) is 0 Å². The number of hydrogen-bond donors (Lipinski definition) is 2. The quantitative estimate of drug-likeness (QED) is 0.848. The maximum Gasteiger partial charge on any atom is 0.233 e. The number of ether oxygens (including phenoxy) is 1. The predicted octanol–water partition coefficient (Wildman–Crippen LogP) is 1.55. The van der Waals surface area contributed by atoms with Crippen molar-refractivity contribution in [1.82, 2.24) is 5.32 Å². The van der Waals surface area contributed by atoms with Gasteiger partial charge in [-0.15, -0.1) is 0 Å². The molecule has 4 nitrogen and oxygen atoms in total. The Labute approximate surface area is 113 Å². The van der Waals surface area contributed by atoms with Crippen molar-refractivity contribution in [3.8, 4) is 5.75 Å². The van der Waals surface area contributed by atoms with Crippen LogP contribution in [0, 0.1) is 0 Å².